The van der Waals surface area contributed by atoms with Crippen molar-refractivity contribution in [2.45, 2.75) is 6.42 Å². The predicted octanol–water partition coefficient (Wildman–Crippen LogP) is 1.46. The van der Waals surface area contributed by atoms with Crippen molar-refractivity contribution >= 4 is 27.7 Å². The highest BCUT2D eigenvalue weighted by Gasteiger charge is 2.24. The average Bonchev–Trinajstić information content (AvgIpc) is 2.55. The summed E-state index contributed by atoms with van der Waals surface area (Å²) in [6.45, 7) is 1.30. The number of amides is 2. The normalized spacial score (nSPS) is 16.4. The first-order valence-corrected chi connectivity index (χ1v) is 6.80. The van der Waals surface area contributed by atoms with E-state index in [1.54, 1.807) is 24.1 Å². The molecule has 1 aliphatic rings. The number of phenols is 1. The van der Waals surface area contributed by atoms with Gasteiger partial charge in [-0.25, -0.2) is 0 Å². The largest absolute Gasteiger partial charge is 0.507 e. The Morgan fingerprint density at radius 3 is 2.79 bits per heavy atom. The van der Waals surface area contributed by atoms with Crippen molar-refractivity contribution in [3.63, 3.8) is 0 Å². The van der Waals surface area contributed by atoms with Crippen molar-refractivity contribution in [1.29, 1.82) is 0 Å². The van der Waals surface area contributed by atoms with Gasteiger partial charge in [0.25, 0.3) is 5.91 Å². The Bertz CT molecular complexity index is 519. The molecule has 0 aromatic heterocycles. The van der Waals surface area contributed by atoms with Gasteiger partial charge in [0.05, 0.1) is 4.47 Å². The molecule has 0 spiro atoms. The number of carbonyl (C=O) groups excluding carboxylic acids is 2. The fraction of sp³-hybridized carbons (Fsp3) is 0.385. The Hall–Kier alpha value is -1.56. The van der Waals surface area contributed by atoms with Gasteiger partial charge in [0.1, 0.15) is 12.3 Å². The summed E-state index contributed by atoms with van der Waals surface area (Å²) in [6.07, 6.45) is 0.760. The van der Waals surface area contributed by atoms with E-state index in [4.69, 9.17) is 0 Å². The maximum absolute atomic E-state index is 12.3. The number of likely N-dealkylation sites (N-methyl/N-ethyl adjacent to an activating group) is 1. The number of rotatable bonds is 1. The number of hydrogen-bond acceptors (Lipinski definition) is 3. The van der Waals surface area contributed by atoms with Gasteiger partial charge < -0.3 is 14.9 Å². The summed E-state index contributed by atoms with van der Waals surface area (Å²) in [5, 5.41) is 9.60. The SMILES string of the molecule is CN1CCCN(C(=O)c2ccc(Br)c(O)c2)CC1=O. The molecular weight excluding hydrogens is 312 g/mol. The van der Waals surface area contributed by atoms with Crippen LogP contribution in [0.1, 0.15) is 16.8 Å². The van der Waals surface area contributed by atoms with Gasteiger partial charge in [-0.1, -0.05) is 0 Å². The van der Waals surface area contributed by atoms with E-state index in [2.05, 4.69) is 15.9 Å². The summed E-state index contributed by atoms with van der Waals surface area (Å²) in [5.74, 6) is -0.275. The van der Waals surface area contributed by atoms with Crippen LogP contribution in [0.2, 0.25) is 0 Å². The highest BCUT2D eigenvalue weighted by Crippen LogP contribution is 2.25. The summed E-state index contributed by atoms with van der Waals surface area (Å²) < 4.78 is 0.538. The van der Waals surface area contributed by atoms with E-state index in [1.165, 1.54) is 11.0 Å². The van der Waals surface area contributed by atoms with Crippen LogP contribution in [-0.2, 0) is 4.79 Å². The van der Waals surface area contributed by atoms with Gasteiger partial charge in [0.15, 0.2) is 0 Å². The lowest BCUT2D eigenvalue weighted by Gasteiger charge is -2.20. The standard InChI is InChI=1S/C13H15BrN2O3/c1-15-5-2-6-16(8-12(15)18)13(19)9-3-4-10(14)11(17)7-9/h3-4,7,17H,2,5-6,8H2,1H3. The van der Waals surface area contributed by atoms with Crippen LogP contribution >= 0.6 is 15.9 Å². The molecule has 1 aromatic rings. The number of benzene rings is 1. The molecule has 6 heteroatoms. The highest BCUT2D eigenvalue weighted by atomic mass is 79.9. The lowest BCUT2D eigenvalue weighted by atomic mass is 10.2. The third kappa shape index (κ3) is 3.07. The van der Waals surface area contributed by atoms with Crippen molar-refractivity contribution in [2.75, 3.05) is 26.7 Å². The third-order valence-corrected chi connectivity index (χ3v) is 3.82. The molecule has 1 heterocycles. The second kappa shape index (κ2) is 5.61. The van der Waals surface area contributed by atoms with E-state index in [-0.39, 0.29) is 24.1 Å². The average molecular weight is 327 g/mol. The van der Waals surface area contributed by atoms with Gasteiger partial charge >= 0.3 is 0 Å². The van der Waals surface area contributed by atoms with Gasteiger partial charge in [-0.05, 0) is 40.5 Å². The molecule has 2 rings (SSSR count). The van der Waals surface area contributed by atoms with Crippen molar-refractivity contribution in [2.24, 2.45) is 0 Å². The maximum atomic E-state index is 12.3. The van der Waals surface area contributed by atoms with Crippen LogP contribution in [0.4, 0.5) is 0 Å². The number of carbonyl (C=O) groups is 2. The molecule has 0 atom stereocenters. The van der Waals surface area contributed by atoms with Crippen molar-refractivity contribution < 1.29 is 14.7 Å². The van der Waals surface area contributed by atoms with E-state index in [0.717, 1.165) is 6.42 Å². The van der Waals surface area contributed by atoms with Crippen LogP contribution in [0, 0.1) is 0 Å². The summed E-state index contributed by atoms with van der Waals surface area (Å²) >= 11 is 3.17. The molecule has 0 aliphatic carbocycles. The molecule has 0 unspecified atom stereocenters. The van der Waals surface area contributed by atoms with Crippen LogP contribution in [0.5, 0.6) is 5.75 Å². The Morgan fingerprint density at radius 1 is 1.37 bits per heavy atom. The number of aromatic hydroxyl groups is 1. The molecule has 1 N–H and O–H groups in total. The van der Waals surface area contributed by atoms with Crippen molar-refractivity contribution in [3.05, 3.63) is 28.2 Å². The summed E-state index contributed by atoms with van der Waals surface area (Å²) in [5.41, 5.74) is 0.387. The molecule has 19 heavy (non-hydrogen) atoms. The van der Waals surface area contributed by atoms with Crippen molar-refractivity contribution in [1.82, 2.24) is 9.80 Å². The molecule has 5 nitrogen and oxygen atoms in total. The van der Waals surface area contributed by atoms with E-state index in [1.807, 2.05) is 0 Å². The van der Waals surface area contributed by atoms with Crippen LogP contribution in [0.3, 0.4) is 0 Å². The Balaban J connectivity index is 2.18. The summed E-state index contributed by atoms with van der Waals surface area (Å²) in [4.78, 5) is 27.2. The minimum absolute atomic E-state index is 0.0177. The fourth-order valence-electron chi connectivity index (χ4n) is 1.99. The lowest BCUT2D eigenvalue weighted by Crippen LogP contribution is -2.38. The highest BCUT2D eigenvalue weighted by molar-refractivity contribution is 9.10. The molecule has 1 aliphatic heterocycles. The first-order valence-electron chi connectivity index (χ1n) is 6.01. The minimum Gasteiger partial charge on any atom is -0.507 e. The molecule has 1 aromatic carbocycles. The van der Waals surface area contributed by atoms with Gasteiger partial charge in [0, 0.05) is 25.7 Å². The van der Waals surface area contributed by atoms with Crippen LogP contribution in [0.25, 0.3) is 0 Å². The lowest BCUT2D eigenvalue weighted by molar-refractivity contribution is -0.129. The number of hydrogen-bond donors (Lipinski definition) is 1. The number of nitrogens with zero attached hydrogens (tertiary/aromatic N) is 2. The predicted molar refractivity (Wildman–Crippen MR) is 74.0 cm³/mol. The summed E-state index contributed by atoms with van der Waals surface area (Å²) in [7, 11) is 1.74. The molecule has 2 amide bonds. The van der Waals surface area contributed by atoms with E-state index in [0.29, 0.717) is 23.1 Å². The van der Waals surface area contributed by atoms with Gasteiger partial charge in [-0.2, -0.15) is 0 Å². The summed E-state index contributed by atoms with van der Waals surface area (Å²) in [6, 6.07) is 4.66. The molecule has 102 valence electrons. The third-order valence-electron chi connectivity index (χ3n) is 3.15. The zero-order chi connectivity index (χ0) is 14.0. The van der Waals surface area contributed by atoms with Crippen LogP contribution in [0.15, 0.2) is 22.7 Å². The zero-order valence-corrected chi connectivity index (χ0v) is 12.2. The van der Waals surface area contributed by atoms with E-state index < -0.39 is 0 Å². The smallest absolute Gasteiger partial charge is 0.254 e. The Morgan fingerprint density at radius 2 is 2.11 bits per heavy atom. The Kier molecular flexibility index (Phi) is 4.09. The van der Waals surface area contributed by atoms with Gasteiger partial charge in [-0.15, -0.1) is 0 Å². The Labute approximate surface area is 119 Å². The van der Waals surface area contributed by atoms with E-state index >= 15 is 0 Å². The second-order valence-electron chi connectivity index (χ2n) is 4.56. The molecule has 1 saturated heterocycles. The first-order chi connectivity index (χ1) is 8.99. The topological polar surface area (TPSA) is 60.9 Å². The monoisotopic (exact) mass is 326 g/mol. The van der Waals surface area contributed by atoms with Crippen molar-refractivity contribution in [3.8, 4) is 5.75 Å². The number of phenolic OH excluding ortho intramolecular Hbond substituents is 1. The first kappa shape index (κ1) is 13.9. The number of halogens is 1. The maximum Gasteiger partial charge on any atom is 0.254 e. The van der Waals surface area contributed by atoms with Crippen LogP contribution in [-0.4, -0.2) is 53.4 Å². The fourth-order valence-corrected chi connectivity index (χ4v) is 2.23. The van der Waals surface area contributed by atoms with E-state index in [9.17, 15) is 14.7 Å². The quantitative estimate of drug-likeness (QED) is 0.849. The van der Waals surface area contributed by atoms with Gasteiger partial charge in [-0.3, -0.25) is 9.59 Å². The molecule has 0 saturated carbocycles. The van der Waals surface area contributed by atoms with Gasteiger partial charge in [0.2, 0.25) is 5.91 Å². The minimum atomic E-state index is -0.230. The second-order valence-corrected chi connectivity index (χ2v) is 5.42. The van der Waals surface area contributed by atoms with Crippen LogP contribution < -0.4 is 0 Å². The molecule has 0 radical (unpaired) electrons. The molecule has 0 bridgehead atoms. The zero-order valence-electron chi connectivity index (χ0n) is 10.6. The molecule has 1 fully saturated rings. The molecular formula is C13H15BrN2O3.